The molecule has 2 N–H and O–H groups in total. The molecule has 1 aromatic rings. The summed E-state index contributed by atoms with van der Waals surface area (Å²) in [6.07, 6.45) is 1.85. The monoisotopic (exact) mass is 275 g/mol. The lowest BCUT2D eigenvalue weighted by atomic mass is 9.88. The van der Waals surface area contributed by atoms with Crippen LogP contribution in [0.15, 0.2) is 6.07 Å². The lowest BCUT2D eigenvalue weighted by Crippen LogP contribution is -2.43. The molecule has 4 rings (SSSR count). The lowest BCUT2D eigenvalue weighted by Gasteiger charge is -2.28. The Balaban J connectivity index is 1.60. The van der Waals surface area contributed by atoms with Crippen molar-refractivity contribution in [1.29, 1.82) is 0 Å². The summed E-state index contributed by atoms with van der Waals surface area (Å²) in [5.41, 5.74) is 1.48. The number of carbonyl (C=O) groups excluding carboxylic acids is 1. The van der Waals surface area contributed by atoms with Crippen LogP contribution in [-0.2, 0) is 0 Å². The number of nitrogens with one attached hydrogen (secondary N) is 1. The molecule has 0 aromatic carbocycles. The topological polar surface area (TPSA) is 69.2 Å². The molecule has 0 radical (unpaired) electrons. The van der Waals surface area contributed by atoms with Crippen molar-refractivity contribution >= 4 is 5.91 Å². The van der Waals surface area contributed by atoms with Crippen molar-refractivity contribution in [1.82, 2.24) is 15.1 Å². The van der Waals surface area contributed by atoms with E-state index in [1.54, 1.807) is 0 Å². The van der Waals surface area contributed by atoms with Crippen LogP contribution in [-0.4, -0.2) is 44.8 Å². The van der Waals surface area contributed by atoms with E-state index >= 15 is 0 Å². The number of aliphatic hydroxyl groups excluding tert-OH is 1. The van der Waals surface area contributed by atoms with Gasteiger partial charge in [0.15, 0.2) is 0 Å². The third-order valence-electron chi connectivity index (χ3n) is 5.55. The van der Waals surface area contributed by atoms with Gasteiger partial charge in [-0.15, -0.1) is 0 Å². The Hall–Kier alpha value is -1.36. The minimum Gasteiger partial charge on any atom is -0.391 e. The number of likely N-dealkylation sites (tertiary alicyclic amines) is 1. The van der Waals surface area contributed by atoms with Crippen LogP contribution in [0.1, 0.15) is 48.8 Å². The largest absolute Gasteiger partial charge is 0.391 e. The van der Waals surface area contributed by atoms with Crippen LogP contribution >= 0.6 is 0 Å². The zero-order chi connectivity index (χ0) is 14.0. The molecule has 2 bridgehead atoms. The van der Waals surface area contributed by atoms with E-state index in [1.807, 2.05) is 11.0 Å². The van der Waals surface area contributed by atoms with Gasteiger partial charge in [0.25, 0.3) is 5.91 Å². The predicted molar refractivity (Wildman–Crippen MR) is 73.2 cm³/mol. The highest BCUT2D eigenvalue weighted by molar-refractivity contribution is 5.93. The van der Waals surface area contributed by atoms with Gasteiger partial charge < -0.3 is 10.0 Å². The lowest BCUT2D eigenvalue weighted by molar-refractivity contribution is 0.0398. The van der Waals surface area contributed by atoms with Gasteiger partial charge in [-0.05, 0) is 42.6 Å². The van der Waals surface area contributed by atoms with Gasteiger partial charge in [0.2, 0.25) is 0 Å². The minimum absolute atomic E-state index is 0.0211. The van der Waals surface area contributed by atoms with Crippen LogP contribution in [0, 0.1) is 17.8 Å². The van der Waals surface area contributed by atoms with E-state index in [4.69, 9.17) is 0 Å². The smallest absolute Gasteiger partial charge is 0.274 e. The van der Waals surface area contributed by atoms with E-state index in [9.17, 15) is 9.90 Å². The first kappa shape index (κ1) is 12.4. The highest BCUT2D eigenvalue weighted by Gasteiger charge is 2.60. The van der Waals surface area contributed by atoms with Crippen molar-refractivity contribution < 1.29 is 9.90 Å². The number of aromatic amines is 1. The first-order valence-corrected chi connectivity index (χ1v) is 7.60. The number of aromatic nitrogens is 2. The van der Waals surface area contributed by atoms with E-state index in [1.165, 1.54) is 0 Å². The summed E-state index contributed by atoms with van der Waals surface area (Å²) in [6, 6.07) is 1.89. The van der Waals surface area contributed by atoms with E-state index in [-0.39, 0.29) is 18.1 Å². The van der Waals surface area contributed by atoms with Crippen molar-refractivity contribution in [2.24, 2.45) is 17.8 Å². The van der Waals surface area contributed by atoms with Crippen molar-refractivity contribution in [2.45, 2.75) is 44.8 Å². The van der Waals surface area contributed by atoms with Crippen LogP contribution < -0.4 is 0 Å². The normalized spacial score (nSPS) is 38.2. The SMILES string of the molecule is CC(C)c1cc(C(=O)N2C[C@@H]3C[C@H]4C[C@H]3[C@@H]2[C@H]4O)n[nH]1. The maximum absolute atomic E-state index is 12.7. The molecule has 1 aromatic heterocycles. The summed E-state index contributed by atoms with van der Waals surface area (Å²) in [5.74, 6) is 1.84. The van der Waals surface area contributed by atoms with Gasteiger partial charge in [-0.25, -0.2) is 0 Å². The highest BCUT2D eigenvalue weighted by Crippen LogP contribution is 2.55. The van der Waals surface area contributed by atoms with E-state index in [0.717, 1.165) is 25.1 Å². The second kappa shape index (κ2) is 4.07. The average molecular weight is 275 g/mol. The molecule has 3 aliphatic rings. The minimum atomic E-state index is -0.328. The summed E-state index contributed by atoms with van der Waals surface area (Å²) in [7, 11) is 0. The molecule has 3 fully saturated rings. The van der Waals surface area contributed by atoms with Crippen molar-refractivity contribution in [3.63, 3.8) is 0 Å². The highest BCUT2D eigenvalue weighted by atomic mass is 16.3. The molecule has 1 amide bonds. The van der Waals surface area contributed by atoms with Crippen molar-refractivity contribution in [3.8, 4) is 0 Å². The fourth-order valence-electron chi connectivity index (χ4n) is 4.54. The fraction of sp³-hybridized carbons (Fsp3) is 0.733. The molecule has 2 saturated carbocycles. The van der Waals surface area contributed by atoms with Crippen molar-refractivity contribution in [2.75, 3.05) is 6.54 Å². The summed E-state index contributed by atoms with van der Waals surface area (Å²) < 4.78 is 0. The van der Waals surface area contributed by atoms with Gasteiger partial charge in [0.05, 0.1) is 12.1 Å². The summed E-state index contributed by atoms with van der Waals surface area (Å²) in [4.78, 5) is 14.5. The first-order chi connectivity index (χ1) is 9.56. The predicted octanol–water partition coefficient (Wildman–Crippen LogP) is 1.37. The number of amides is 1. The van der Waals surface area contributed by atoms with E-state index in [0.29, 0.717) is 29.4 Å². The van der Waals surface area contributed by atoms with Gasteiger partial charge in [-0.3, -0.25) is 9.89 Å². The number of fused-ring (bicyclic) bond motifs is 1. The Morgan fingerprint density at radius 1 is 1.45 bits per heavy atom. The van der Waals surface area contributed by atoms with Crippen molar-refractivity contribution in [3.05, 3.63) is 17.5 Å². The Labute approximate surface area is 118 Å². The van der Waals surface area contributed by atoms with Gasteiger partial charge in [-0.2, -0.15) is 5.10 Å². The molecule has 0 spiro atoms. The van der Waals surface area contributed by atoms with Crippen LogP contribution in [0.25, 0.3) is 0 Å². The number of H-pyrrole nitrogens is 1. The third-order valence-corrected chi connectivity index (χ3v) is 5.55. The quantitative estimate of drug-likeness (QED) is 0.856. The molecule has 2 aliphatic carbocycles. The molecule has 0 unspecified atom stereocenters. The maximum Gasteiger partial charge on any atom is 0.274 e. The summed E-state index contributed by atoms with van der Waals surface area (Å²) in [5, 5.41) is 17.4. The first-order valence-electron chi connectivity index (χ1n) is 7.60. The Morgan fingerprint density at radius 2 is 2.25 bits per heavy atom. The zero-order valence-electron chi connectivity index (χ0n) is 11.9. The molecule has 1 saturated heterocycles. The average Bonchev–Trinajstić information content (AvgIpc) is 3.11. The van der Waals surface area contributed by atoms with E-state index < -0.39 is 0 Å². The van der Waals surface area contributed by atoms with E-state index in [2.05, 4.69) is 24.0 Å². The number of nitrogens with zero attached hydrogens (tertiary/aromatic N) is 2. The third kappa shape index (κ3) is 1.53. The molecule has 1 aliphatic heterocycles. The number of rotatable bonds is 2. The standard InChI is InChI=1S/C15H21N3O2/c1-7(2)11-5-12(17-16-11)15(20)18-6-9-3-8-4-10(9)13(18)14(8)19/h5,7-10,13-14,19H,3-4,6H2,1-2H3,(H,16,17)/t8-,9-,10+,13+,14-/m0/s1. The second-order valence-corrected chi connectivity index (χ2v) is 6.96. The number of hydrogen-bond donors (Lipinski definition) is 2. The Morgan fingerprint density at radius 3 is 2.90 bits per heavy atom. The molecule has 20 heavy (non-hydrogen) atoms. The molecule has 5 heteroatoms. The molecule has 5 nitrogen and oxygen atoms in total. The number of carbonyl (C=O) groups is 1. The van der Waals surface area contributed by atoms with Gasteiger partial charge >= 0.3 is 0 Å². The zero-order valence-corrected chi connectivity index (χ0v) is 11.9. The maximum atomic E-state index is 12.7. The van der Waals surface area contributed by atoms with Gasteiger partial charge in [0, 0.05) is 12.2 Å². The molecule has 2 heterocycles. The van der Waals surface area contributed by atoms with Crippen LogP contribution in [0.5, 0.6) is 0 Å². The van der Waals surface area contributed by atoms with Gasteiger partial charge in [-0.1, -0.05) is 13.8 Å². The fourth-order valence-corrected chi connectivity index (χ4v) is 4.54. The molecular weight excluding hydrogens is 254 g/mol. The Bertz CT molecular complexity index is 551. The van der Waals surface area contributed by atoms with Gasteiger partial charge in [0.1, 0.15) is 5.69 Å². The van der Waals surface area contributed by atoms with Crippen LogP contribution in [0.4, 0.5) is 0 Å². The Kier molecular flexibility index (Phi) is 2.52. The molecule has 108 valence electrons. The number of hydrogen-bond acceptors (Lipinski definition) is 3. The van der Waals surface area contributed by atoms with Crippen LogP contribution in [0.2, 0.25) is 0 Å². The number of aliphatic hydroxyl groups is 1. The second-order valence-electron chi connectivity index (χ2n) is 6.96. The van der Waals surface area contributed by atoms with Crippen LogP contribution in [0.3, 0.4) is 0 Å². The summed E-state index contributed by atoms with van der Waals surface area (Å²) >= 11 is 0. The molecule has 5 atom stereocenters. The summed E-state index contributed by atoms with van der Waals surface area (Å²) in [6.45, 7) is 4.94. The molecular formula is C15H21N3O2.